The van der Waals surface area contributed by atoms with Crippen LogP contribution in [-0.2, 0) is 16.2 Å². The summed E-state index contributed by atoms with van der Waals surface area (Å²) in [7, 11) is 0. The largest absolute Gasteiger partial charge is 0.135 e. The summed E-state index contributed by atoms with van der Waals surface area (Å²) >= 11 is 5.76. The zero-order valence-electron chi connectivity index (χ0n) is 45.8. The van der Waals surface area contributed by atoms with Crippen molar-refractivity contribution in [2.75, 3.05) is 0 Å². The zero-order chi connectivity index (χ0) is 54.4. The Balaban J connectivity index is 1.00. The molecular formula is C79H52S3. The van der Waals surface area contributed by atoms with Gasteiger partial charge in [-0.05, 0) is 148 Å². The fourth-order valence-electron chi connectivity index (χ4n) is 15.8. The lowest BCUT2D eigenvalue weighted by Crippen LogP contribution is -2.30. The maximum atomic E-state index is 2.61. The topological polar surface area (TPSA) is 0 Å². The summed E-state index contributed by atoms with van der Waals surface area (Å²) in [6, 6.07) is 93.4. The lowest BCUT2D eigenvalue weighted by atomic mass is 9.64. The van der Waals surface area contributed by atoms with Crippen molar-refractivity contribution in [3.05, 3.63) is 287 Å². The molecule has 0 bridgehead atoms. The van der Waals surface area contributed by atoms with Crippen LogP contribution in [0.2, 0.25) is 0 Å². The monoisotopic (exact) mass is 1100 g/mol. The van der Waals surface area contributed by atoms with Gasteiger partial charge in [-0.25, -0.2) is 0 Å². The number of hydrogen-bond donors (Lipinski definition) is 0. The zero-order valence-corrected chi connectivity index (χ0v) is 48.3. The summed E-state index contributed by atoms with van der Waals surface area (Å²) in [5.41, 5.74) is 25.4. The van der Waals surface area contributed by atoms with Gasteiger partial charge in [0.05, 0.1) is 5.41 Å². The summed E-state index contributed by atoms with van der Waals surface area (Å²) in [4.78, 5) is 0. The molecule has 0 saturated heterocycles. The Morgan fingerprint density at radius 2 is 0.573 bits per heavy atom. The second-order valence-corrected chi connectivity index (χ2v) is 27.3. The molecule has 0 unspecified atom stereocenters. The summed E-state index contributed by atoms with van der Waals surface area (Å²) in [6.07, 6.45) is 0. The molecule has 386 valence electrons. The Morgan fingerprint density at radius 3 is 0.963 bits per heavy atom. The van der Waals surface area contributed by atoms with Crippen LogP contribution in [0, 0.1) is 0 Å². The van der Waals surface area contributed by atoms with E-state index in [4.69, 9.17) is 0 Å². The van der Waals surface area contributed by atoms with Crippen molar-refractivity contribution in [3.8, 4) is 66.8 Å². The number of rotatable bonds is 5. The van der Waals surface area contributed by atoms with E-state index in [9.17, 15) is 0 Å². The molecule has 15 aromatic rings. The average Bonchev–Trinajstić information content (AvgIpc) is 1.94. The third kappa shape index (κ3) is 6.05. The van der Waals surface area contributed by atoms with Crippen molar-refractivity contribution >= 4 is 94.5 Å². The van der Waals surface area contributed by atoms with E-state index in [1.165, 1.54) is 172 Å². The first kappa shape index (κ1) is 47.0. The van der Waals surface area contributed by atoms with Crippen LogP contribution in [0.15, 0.2) is 243 Å². The summed E-state index contributed by atoms with van der Waals surface area (Å²) in [6.45, 7) is 10.1. The van der Waals surface area contributed by atoms with Gasteiger partial charge in [0, 0.05) is 71.3 Å². The standard InChI is InChI=1S/C79H52S3/c1-77(2)62-39-36-45(50-27-17-30-56-53-24-11-14-33-65(53)80-74(50)56)42-59(62)68-71-69(60-43-46(37-40-63(60)78(71,3)4)51-28-18-31-57-54-25-12-15-34-66(54)81-75(51)57)73-70(72(68)77)61-44-47(52-29-19-32-58-55-26-13-16-35-67(55)82-76(52)58)38-41-64(61)79(73,48-20-7-5-8-21-48)49-22-9-6-10-23-49/h5-44H,1-4H3. The molecule has 3 aromatic heterocycles. The highest BCUT2D eigenvalue weighted by Crippen LogP contribution is 2.70. The molecule has 3 heterocycles. The van der Waals surface area contributed by atoms with Gasteiger partial charge in [-0.15, -0.1) is 34.0 Å². The molecule has 0 amide bonds. The SMILES string of the molecule is CC1(C)c2ccc(-c3cccc4c3sc3ccccc34)cc2-c2c1c1c(c3c2C(c2ccccc2)(c2ccccc2)c2ccc(-c4cccc5c4sc4ccccc45)cc2-3)C(C)(C)c2ccc(-c3cccc4c3sc3ccccc34)cc2-1. The van der Waals surface area contributed by atoms with Crippen molar-refractivity contribution in [2.24, 2.45) is 0 Å². The van der Waals surface area contributed by atoms with E-state index in [0.717, 1.165) is 0 Å². The maximum Gasteiger partial charge on any atom is 0.0719 e. The maximum absolute atomic E-state index is 2.61. The van der Waals surface area contributed by atoms with Gasteiger partial charge < -0.3 is 0 Å². The number of hydrogen-bond acceptors (Lipinski definition) is 3. The van der Waals surface area contributed by atoms with Crippen molar-refractivity contribution < 1.29 is 0 Å². The predicted molar refractivity (Wildman–Crippen MR) is 354 cm³/mol. The van der Waals surface area contributed by atoms with Gasteiger partial charge in [0.1, 0.15) is 0 Å². The molecular weight excluding hydrogens is 1050 g/mol. The van der Waals surface area contributed by atoms with Crippen LogP contribution in [0.4, 0.5) is 0 Å². The predicted octanol–water partition coefficient (Wildman–Crippen LogP) is 22.8. The number of benzene rings is 12. The second-order valence-electron chi connectivity index (χ2n) is 24.1. The fourth-order valence-corrected chi connectivity index (χ4v) is 19.5. The van der Waals surface area contributed by atoms with E-state index in [2.05, 4.69) is 270 Å². The van der Waals surface area contributed by atoms with E-state index in [-0.39, 0.29) is 10.8 Å². The lowest BCUT2D eigenvalue weighted by molar-refractivity contribution is 0.646. The van der Waals surface area contributed by atoms with E-state index in [1.807, 2.05) is 34.0 Å². The highest BCUT2D eigenvalue weighted by Gasteiger charge is 2.56. The van der Waals surface area contributed by atoms with Crippen LogP contribution in [-0.4, -0.2) is 0 Å². The molecule has 0 radical (unpaired) electrons. The first-order chi connectivity index (χ1) is 40.2. The first-order valence-electron chi connectivity index (χ1n) is 28.7. The molecule has 0 fully saturated rings. The van der Waals surface area contributed by atoms with Gasteiger partial charge in [-0.2, -0.15) is 0 Å². The van der Waals surface area contributed by atoms with Gasteiger partial charge in [-0.3, -0.25) is 0 Å². The highest BCUT2D eigenvalue weighted by atomic mass is 32.1. The molecule has 0 nitrogen and oxygen atoms in total. The Kier molecular flexibility index (Phi) is 9.58. The van der Waals surface area contributed by atoms with Gasteiger partial charge in [0.15, 0.2) is 0 Å². The van der Waals surface area contributed by atoms with E-state index < -0.39 is 5.41 Å². The van der Waals surface area contributed by atoms with Crippen LogP contribution in [0.3, 0.4) is 0 Å². The molecule has 12 aromatic carbocycles. The van der Waals surface area contributed by atoms with Gasteiger partial charge in [-0.1, -0.05) is 234 Å². The summed E-state index contributed by atoms with van der Waals surface area (Å²) < 4.78 is 8.00. The van der Waals surface area contributed by atoms with Gasteiger partial charge >= 0.3 is 0 Å². The molecule has 3 heteroatoms. The third-order valence-electron chi connectivity index (χ3n) is 19.3. The minimum Gasteiger partial charge on any atom is -0.135 e. The lowest BCUT2D eigenvalue weighted by Gasteiger charge is -2.37. The van der Waals surface area contributed by atoms with E-state index in [0.29, 0.717) is 0 Å². The van der Waals surface area contributed by atoms with Crippen molar-refractivity contribution in [1.82, 2.24) is 0 Å². The highest BCUT2D eigenvalue weighted by molar-refractivity contribution is 7.27. The molecule has 0 saturated carbocycles. The molecule has 82 heavy (non-hydrogen) atoms. The van der Waals surface area contributed by atoms with Gasteiger partial charge in [0.2, 0.25) is 0 Å². The van der Waals surface area contributed by atoms with Crippen LogP contribution in [0.25, 0.3) is 127 Å². The third-order valence-corrected chi connectivity index (χ3v) is 23.0. The van der Waals surface area contributed by atoms with Crippen LogP contribution in [0.5, 0.6) is 0 Å². The summed E-state index contributed by atoms with van der Waals surface area (Å²) in [5.74, 6) is 0. The number of fused-ring (bicyclic) bond motifs is 21. The average molecular weight is 1100 g/mol. The Morgan fingerprint density at radius 1 is 0.256 bits per heavy atom. The second kappa shape index (κ2) is 16.7. The molecule has 18 rings (SSSR count). The van der Waals surface area contributed by atoms with Crippen molar-refractivity contribution in [1.29, 1.82) is 0 Å². The van der Waals surface area contributed by atoms with Crippen molar-refractivity contribution in [3.63, 3.8) is 0 Å². The fraction of sp³-hybridized carbons (Fsp3) is 0.0886. The summed E-state index contributed by atoms with van der Waals surface area (Å²) in [5, 5.41) is 7.95. The molecule has 0 atom stereocenters. The van der Waals surface area contributed by atoms with Gasteiger partial charge in [0.25, 0.3) is 0 Å². The minimum atomic E-state index is -0.680. The molecule has 0 N–H and O–H groups in total. The minimum absolute atomic E-state index is 0.374. The smallest absolute Gasteiger partial charge is 0.0719 e. The Labute approximate surface area is 488 Å². The first-order valence-corrected chi connectivity index (χ1v) is 31.2. The number of thiophene rings is 3. The molecule has 0 spiro atoms. The Hall–Kier alpha value is -8.70. The van der Waals surface area contributed by atoms with Crippen LogP contribution in [0.1, 0.15) is 72.2 Å². The molecule has 0 aliphatic heterocycles. The van der Waals surface area contributed by atoms with E-state index >= 15 is 0 Å². The van der Waals surface area contributed by atoms with Crippen molar-refractivity contribution in [2.45, 2.75) is 43.9 Å². The molecule has 3 aliphatic carbocycles. The molecule has 3 aliphatic rings. The van der Waals surface area contributed by atoms with Crippen LogP contribution >= 0.6 is 34.0 Å². The quantitative estimate of drug-likeness (QED) is 0.161. The Bertz CT molecular complexity index is 5200. The normalized spacial score (nSPS) is 14.9. The van der Waals surface area contributed by atoms with E-state index in [1.54, 1.807) is 0 Å². The van der Waals surface area contributed by atoms with Crippen LogP contribution < -0.4 is 0 Å².